The van der Waals surface area contributed by atoms with Crippen LogP contribution in [-0.4, -0.2) is 78.5 Å². The Labute approximate surface area is 234 Å². The van der Waals surface area contributed by atoms with Crippen molar-refractivity contribution in [3.8, 4) is 11.5 Å². The predicted octanol–water partition coefficient (Wildman–Crippen LogP) is 3.44. The van der Waals surface area contributed by atoms with E-state index in [1.165, 1.54) is 5.06 Å². The van der Waals surface area contributed by atoms with E-state index in [2.05, 4.69) is 0 Å². The van der Waals surface area contributed by atoms with Gasteiger partial charge in [-0.05, 0) is 48.6 Å². The summed E-state index contributed by atoms with van der Waals surface area (Å²) in [6.45, 7) is 5.77. The maximum Gasteiger partial charge on any atom is 0.308 e. The number of carbonyl (C=O) groups excluding carboxylic acids is 2. The van der Waals surface area contributed by atoms with E-state index >= 15 is 0 Å². The van der Waals surface area contributed by atoms with Crippen molar-refractivity contribution in [2.45, 2.75) is 51.5 Å². The average Bonchev–Trinajstić information content (AvgIpc) is 3.64. The van der Waals surface area contributed by atoms with Gasteiger partial charge in [0.25, 0.3) is 5.91 Å². The molecule has 0 radical (unpaired) electrons. The third-order valence-corrected chi connectivity index (χ3v) is 7.93. The molecule has 10 heteroatoms. The van der Waals surface area contributed by atoms with Gasteiger partial charge in [-0.1, -0.05) is 38.1 Å². The number of hydroxylamine groups is 2. The second-order valence-corrected chi connectivity index (χ2v) is 10.5. The first-order chi connectivity index (χ1) is 19.4. The van der Waals surface area contributed by atoms with Crippen LogP contribution in [0.4, 0.5) is 5.69 Å². The molecule has 214 valence electrons. The molecule has 40 heavy (non-hydrogen) atoms. The highest BCUT2D eigenvalue weighted by atomic mass is 16.7. The quantitative estimate of drug-likeness (QED) is 0.400. The fraction of sp³-hybridized carbons (Fsp3) is 0.500. The Hall–Kier alpha value is -3.63. The summed E-state index contributed by atoms with van der Waals surface area (Å²) in [4.78, 5) is 48.5. The van der Waals surface area contributed by atoms with Crippen LogP contribution in [-0.2, 0) is 25.6 Å². The molecular weight excluding hydrogens is 514 g/mol. The smallest absolute Gasteiger partial charge is 0.308 e. The fourth-order valence-electron chi connectivity index (χ4n) is 6.08. The lowest BCUT2D eigenvalue weighted by atomic mass is 9.84. The predicted molar refractivity (Wildman–Crippen MR) is 147 cm³/mol. The molecule has 1 saturated heterocycles. The van der Waals surface area contributed by atoms with E-state index in [-0.39, 0.29) is 31.1 Å². The highest BCUT2D eigenvalue weighted by molar-refractivity contribution is 6.01. The average molecular weight is 552 g/mol. The first-order valence-electron chi connectivity index (χ1n) is 14.1. The zero-order valence-electron chi connectivity index (χ0n) is 23.1. The Balaban J connectivity index is 1.42. The van der Waals surface area contributed by atoms with Crippen molar-refractivity contribution in [3.05, 3.63) is 53.6 Å². The number of fused-ring (bicyclic) bond motifs is 2. The molecule has 3 unspecified atom stereocenters. The largest absolute Gasteiger partial charge is 0.481 e. The first-order valence-corrected chi connectivity index (χ1v) is 14.1. The number of hydrogen-bond donors (Lipinski definition) is 1. The first kappa shape index (κ1) is 27.9. The Morgan fingerprint density at radius 1 is 1.10 bits per heavy atom. The number of nitrogens with zero attached hydrogens (tertiary/aromatic N) is 3. The lowest BCUT2D eigenvalue weighted by Gasteiger charge is -2.30. The molecule has 2 aromatic rings. The molecule has 3 atom stereocenters. The monoisotopic (exact) mass is 551 g/mol. The summed E-state index contributed by atoms with van der Waals surface area (Å²) in [6.07, 6.45) is 2.27. The number of amides is 2. The van der Waals surface area contributed by atoms with Crippen LogP contribution < -0.4 is 14.4 Å². The van der Waals surface area contributed by atoms with Crippen LogP contribution in [0.3, 0.4) is 0 Å². The summed E-state index contributed by atoms with van der Waals surface area (Å²) in [6, 6.07) is 12.8. The van der Waals surface area contributed by atoms with Crippen LogP contribution in [0.25, 0.3) is 0 Å². The van der Waals surface area contributed by atoms with Crippen molar-refractivity contribution in [3.63, 3.8) is 0 Å². The molecule has 0 bridgehead atoms. The summed E-state index contributed by atoms with van der Waals surface area (Å²) in [5.41, 5.74) is 2.67. The van der Waals surface area contributed by atoms with Gasteiger partial charge in [0.15, 0.2) is 11.5 Å². The third-order valence-electron chi connectivity index (χ3n) is 7.93. The molecule has 1 N–H and O–H groups in total. The summed E-state index contributed by atoms with van der Waals surface area (Å²) >= 11 is 0. The van der Waals surface area contributed by atoms with Gasteiger partial charge in [0, 0.05) is 37.3 Å². The number of hydrogen-bond acceptors (Lipinski definition) is 7. The molecule has 5 rings (SSSR count). The molecular formula is C30H37N3O7. The number of ether oxygens (including phenoxy) is 2. The highest BCUT2D eigenvalue weighted by Crippen LogP contribution is 2.43. The molecule has 0 spiro atoms. The highest BCUT2D eigenvalue weighted by Gasteiger charge is 2.48. The van der Waals surface area contributed by atoms with Crippen LogP contribution in [0.1, 0.15) is 50.2 Å². The minimum atomic E-state index is -0.927. The van der Waals surface area contributed by atoms with Crippen molar-refractivity contribution in [2.75, 3.05) is 44.5 Å². The number of carbonyl (C=O) groups is 3. The third kappa shape index (κ3) is 5.64. The number of aliphatic carboxylic acids is 1. The van der Waals surface area contributed by atoms with Crippen molar-refractivity contribution < 1.29 is 33.8 Å². The Morgan fingerprint density at radius 2 is 1.90 bits per heavy atom. The summed E-state index contributed by atoms with van der Waals surface area (Å²) < 4.78 is 11.0. The van der Waals surface area contributed by atoms with E-state index in [0.29, 0.717) is 50.6 Å². The van der Waals surface area contributed by atoms with Crippen LogP contribution in [0.5, 0.6) is 11.5 Å². The van der Waals surface area contributed by atoms with E-state index in [1.54, 1.807) is 11.0 Å². The summed E-state index contributed by atoms with van der Waals surface area (Å²) in [5.74, 6) is -1.05. The van der Waals surface area contributed by atoms with Gasteiger partial charge in [0.05, 0.1) is 25.5 Å². The maximum absolute atomic E-state index is 13.4. The SMILES string of the molecule is CCCON(CCC)C(=O)CN1CC(c2ccc3c(c2)OCO3)C(C(=O)O)C1CCN1C(=O)Cc2ccccc21. The fourth-order valence-corrected chi connectivity index (χ4v) is 6.08. The number of likely N-dealkylation sites (tertiary alicyclic amines) is 1. The zero-order valence-corrected chi connectivity index (χ0v) is 23.1. The van der Waals surface area contributed by atoms with Gasteiger partial charge in [-0.25, -0.2) is 5.06 Å². The molecule has 3 aliphatic heterocycles. The van der Waals surface area contributed by atoms with Crippen LogP contribution >= 0.6 is 0 Å². The Bertz CT molecular complexity index is 1250. The van der Waals surface area contributed by atoms with Crippen molar-refractivity contribution in [1.82, 2.24) is 9.96 Å². The maximum atomic E-state index is 13.4. The minimum absolute atomic E-state index is 0.00288. The second-order valence-electron chi connectivity index (χ2n) is 10.5. The van der Waals surface area contributed by atoms with Crippen LogP contribution in [0.2, 0.25) is 0 Å². The molecule has 0 saturated carbocycles. The van der Waals surface area contributed by atoms with Gasteiger partial charge in [-0.3, -0.25) is 24.1 Å². The van der Waals surface area contributed by atoms with E-state index < -0.39 is 17.9 Å². The Morgan fingerprint density at radius 3 is 2.67 bits per heavy atom. The van der Waals surface area contributed by atoms with Crippen LogP contribution in [0, 0.1) is 5.92 Å². The van der Waals surface area contributed by atoms with E-state index in [1.807, 2.05) is 55.1 Å². The molecule has 3 aliphatic rings. The lowest BCUT2D eigenvalue weighted by molar-refractivity contribution is -0.188. The lowest BCUT2D eigenvalue weighted by Crippen LogP contribution is -2.45. The van der Waals surface area contributed by atoms with Gasteiger partial charge in [-0.2, -0.15) is 0 Å². The van der Waals surface area contributed by atoms with Gasteiger partial charge in [-0.15, -0.1) is 0 Å². The van der Waals surface area contributed by atoms with Gasteiger partial charge >= 0.3 is 5.97 Å². The van der Waals surface area contributed by atoms with Crippen LogP contribution in [0.15, 0.2) is 42.5 Å². The molecule has 2 amide bonds. The zero-order chi connectivity index (χ0) is 28.2. The van der Waals surface area contributed by atoms with Crippen molar-refractivity contribution in [1.29, 1.82) is 0 Å². The molecule has 0 aliphatic carbocycles. The Kier molecular flexibility index (Phi) is 8.56. The molecule has 2 aromatic carbocycles. The summed E-state index contributed by atoms with van der Waals surface area (Å²) in [5, 5.41) is 11.9. The standard InChI is InChI=1S/C30H37N3O7/c1-3-12-33(40-14-4-2)28(35)18-31-17-22(20-9-10-25-26(15-20)39-19-38-25)29(30(36)37)24(31)11-13-32-23-8-6-5-7-21(23)16-27(32)34/h5-10,15,22,24,29H,3-4,11-14,16-19H2,1-2H3,(H,36,37). The number of rotatable bonds is 12. The number of anilines is 1. The van der Waals surface area contributed by atoms with Gasteiger partial charge < -0.3 is 19.5 Å². The van der Waals surface area contributed by atoms with E-state index in [4.69, 9.17) is 14.3 Å². The van der Waals surface area contributed by atoms with Crippen molar-refractivity contribution >= 4 is 23.5 Å². The van der Waals surface area contributed by atoms with E-state index in [0.717, 1.165) is 29.7 Å². The number of carboxylic acid groups (broad SMARTS) is 1. The number of carboxylic acids is 1. The molecule has 10 nitrogen and oxygen atoms in total. The van der Waals surface area contributed by atoms with E-state index in [9.17, 15) is 19.5 Å². The van der Waals surface area contributed by atoms with Gasteiger partial charge in [0.1, 0.15) is 0 Å². The molecule has 1 fully saturated rings. The van der Waals surface area contributed by atoms with Crippen molar-refractivity contribution in [2.24, 2.45) is 5.92 Å². The number of para-hydroxylation sites is 1. The second kappa shape index (κ2) is 12.3. The number of benzene rings is 2. The minimum Gasteiger partial charge on any atom is -0.481 e. The molecule has 0 aromatic heterocycles. The summed E-state index contributed by atoms with van der Waals surface area (Å²) in [7, 11) is 0. The van der Waals surface area contributed by atoms with Gasteiger partial charge in [0.2, 0.25) is 12.7 Å². The topological polar surface area (TPSA) is 109 Å². The molecule has 3 heterocycles. The normalized spacial score (nSPS) is 21.6.